The average molecular weight is 397 g/mol. The molecule has 2 aromatic carbocycles. The first-order valence-electron chi connectivity index (χ1n) is 8.29. The maximum Gasteiger partial charge on any atom is 0.416 e. The fraction of sp³-hybridized carbons (Fsp3) is 0.263. The lowest BCUT2D eigenvalue weighted by atomic mass is 10.1. The van der Waals surface area contributed by atoms with Crippen LogP contribution in [0.5, 0.6) is 0 Å². The molecule has 1 saturated carbocycles. The summed E-state index contributed by atoms with van der Waals surface area (Å²) in [6.45, 7) is 0.358. The van der Waals surface area contributed by atoms with E-state index < -0.39 is 17.6 Å². The molecule has 0 saturated heterocycles. The smallest absolute Gasteiger partial charge is 0.352 e. The van der Waals surface area contributed by atoms with Crippen LogP contribution in [0.3, 0.4) is 0 Å². The van der Waals surface area contributed by atoms with Crippen LogP contribution in [-0.2, 0) is 17.5 Å². The van der Waals surface area contributed by atoms with Gasteiger partial charge in [-0.3, -0.25) is 9.59 Å². The van der Waals surface area contributed by atoms with Crippen LogP contribution in [0.15, 0.2) is 42.5 Å². The first kappa shape index (κ1) is 19.2. The van der Waals surface area contributed by atoms with Crippen molar-refractivity contribution in [1.29, 1.82) is 0 Å². The molecule has 0 unspecified atom stereocenters. The van der Waals surface area contributed by atoms with Gasteiger partial charge in [0, 0.05) is 18.0 Å². The number of anilines is 1. The van der Waals surface area contributed by atoms with Gasteiger partial charge in [0.05, 0.1) is 16.3 Å². The molecular weight excluding hydrogens is 381 g/mol. The third-order valence-corrected chi connectivity index (χ3v) is 4.50. The highest BCUT2D eigenvalue weighted by atomic mass is 35.5. The van der Waals surface area contributed by atoms with Gasteiger partial charge in [0.2, 0.25) is 5.91 Å². The van der Waals surface area contributed by atoms with Crippen molar-refractivity contribution in [2.75, 3.05) is 5.32 Å². The molecular formula is C19H16ClF3N2O2. The highest BCUT2D eigenvalue weighted by molar-refractivity contribution is 6.34. The summed E-state index contributed by atoms with van der Waals surface area (Å²) in [4.78, 5) is 23.9. The summed E-state index contributed by atoms with van der Waals surface area (Å²) in [7, 11) is 0. The minimum atomic E-state index is -4.53. The molecule has 0 aliphatic heterocycles. The Labute approximate surface area is 158 Å². The van der Waals surface area contributed by atoms with E-state index in [2.05, 4.69) is 10.6 Å². The van der Waals surface area contributed by atoms with E-state index in [1.807, 2.05) is 0 Å². The molecule has 1 aliphatic carbocycles. The predicted octanol–water partition coefficient (Wildman–Crippen LogP) is 4.64. The molecule has 0 bridgehead atoms. The van der Waals surface area contributed by atoms with Gasteiger partial charge in [-0.2, -0.15) is 13.2 Å². The Morgan fingerprint density at radius 3 is 2.33 bits per heavy atom. The van der Waals surface area contributed by atoms with Gasteiger partial charge in [0.25, 0.3) is 5.91 Å². The quantitative estimate of drug-likeness (QED) is 0.773. The summed E-state index contributed by atoms with van der Waals surface area (Å²) in [5.74, 6) is -0.437. The van der Waals surface area contributed by atoms with Crippen molar-refractivity contribution in [1.82, 2.24) is 5.32 Å². The zero-order chi connectivity index (χ0) is 19.6. The minimum absolute atomic E-state index is 0.00996. The first-order valence-corrected chi connectivity index (χ1v) is 8.66. The fourth-order valence-corrected chi connectivity index (χ4v) is 2.61. The Morgan fingerprint density at radius 2 is 1.74 bits per heavy atom. The lowest BCUT2D eigenvalue weighted by Crippen LogP contribution is -2.24. The van der Waals surface area contributed by atoms with E-state index >= 15 is 0 Å². The largest absolute Gasteiger partial charge is 0.416 e. The number of rotatable bonds is 5. The van der Waals surface area contributed by atoms with Crippen LogP contribution in [0, 0.1) is 5.92 Å². The molecule has 8 heteroatoms. The summed E-state index contributed by atoms with van der Waals surface area (Å²) in [5.41, 5.74) is 0.0691. The molecule has 1 fully saturated rings. The Morgan fingerprint density at radius 1 is 1.07 bits per heavy atom. The predicted molar refractivity (Wildman–Crippen MR) is 95.4 cm³/mol. The molecule has 0 spiro atoms. The van der Waals surface area contributed by atoms with Gasteiger partial charge in [-0.25, -0.2) is 0 Å². The normalized spacial score (nSPS) is 13.9. The van der Waals surface area contributed by atoms with E-state index in [0.717, 1.165) is 36.6 Å². The zero-order valence-electron chi connectivity index (χ0n) is 14.1. The van der Waals surface area contributed by atoms with E-state index in [0.29, 0.717) is 6.54 Å². The third kappa shape index (κ3) is 5.01. The van der Waals surface area contributed by atoms with Crippen molar-refractivity contribution in [3.8, 4) is 0 Å². The second-order valence-corrected chi connectivity index (χ2v) is 6.74. The minimum Gasteiger partial charge on any atom is -0.352 e. The average Bonchev–Trinajstić information content (AvgIpc) is 3.46. The molecule has 142 valence electrons. The number of nitrogens with one attached hydrogen (secondary N) is 2. The van der Waals surface area contributed by atoms with Crippen LogP contribution >= 0.6 is 11.6 Å². The number of benzene rings is 2. The van der Waals surface area contributed by atoms with Crippen molar-refractivity contribution in [3.63, 3.8) is 0 Å². The maximum absolute atomic E-state index is 12.8. The summed E-state index contributed by atoms with van der Waals surface area (Å²) in [5, 5.41) is 5.21. The number of hydrogen-bond donors (Lipinski definition) is 2. The zero-order valence-corrected chi connectivity index (χ0v) is 14.8. The number of alkyl halides is 3. The fourth-order valence-electron chi connectivity index (χ4n) is 2.44. The highest BCUT2D eigenvalue weighted by Crippen LogP contribution is 2.34. The van der Waals surface area contributed by atoms with Crippen molar-refractivity contribution in [3.05, 3.63) is 64.2 Å². The lowest BCUT2D eigenvalue weighted by Gasteiger charge is -2.12. The topological polar surface area (TPSA) is 58.2 Å². The van der Waals surface area contributed by atoms with Gasteiger partial charge in [-0.05, 0) is 48.7 Å². The second-order valence-electron chi connectivity index (χ2n) is 6.34. The second kappa shape index (κ2) is 7.60. The molecule has 4 nitrogen and oxygen atoms in total. The molecule has 0 aromatic heterocycles. The number of carbonyl (C=O) groups is 2. The van der Waals surface area contributed by atoms with Crippen molar-refractivity contribution >= 4 is 29.1 Å². The molecule has 2 aromatic rings. The third-order valence-electron chi connectivity index (χ3n) is 4.17. The summed E-state index contributed by atoms with van der Waals surface area (Å²) >= 11 is 5.88. The molecule has 2 N–H and O–H groups in total. The molecule has 2 amide bonds. The Kier molecular flexibility index (Phi) is 5.41. The molecule has 3 rings (SSSR count). The van der Waals surface area contributed by atoms with Crippen molar-refractivity contribution < 1.29 is 22.8 Å². The number of carbonyl (C=O) groups excluding carboxylic acids is 2. The number of amides is 2. The van der Waals surface area contributed by atoms with Crippen LogP contribution in [0.4, 0.5) is 18.9 Å². The van der Waals surface area contributed by atoms with E-state index in [-0.39, 0.29) is 28.1 Å². The van der Waals surface area contributed by atoms with Gasteiger partial charge >= 0.3 is 6.18 Å². The molecule has 0 atom stereocenters. The number of hydrogen-bond acceptors (Lipinski definition) is 2. The van der Waals surface area contributed by atoms with Gasteiger partial charge < -0.3 is 10.6 Å². The van der Waals surface area contributed by atoms with Crippen LogP contribution in [0.25, 0.3) is 0 Å². The Bertz CT molecular complexity index is 862. The SMILES string of the molecule is O=C(Nc1cc(C(F)(F)F)ccc1Cl)c1ccc(CNC(=O)C2CC2)cc1. The Hall–Kier alpha value is -2.54. The lowest BCUT2D eigenvalue weighted by molar-refractivity contribution is -0.137. The summed E-state index contributed by atoms with van der Waals surface area (Å²) < 4.78 is 38.4. The van der Waals surface area contributed by atoms with Crippen LogP contribution in [0.1, 0.15) is 34.3 Å². The monoisotopic (exact) mass is 396 g/mol. The summed E-state index contributed by atoms with van der Waals surface area (Å²) in [6, 6.07) is 9.16. The maximum atomic E-state index is 12.8. The van der Waals surface area contributed by atoms with Crippen molar-refractivity contribution in [2.24, 2.45) is 5.92 Å². The van der Waals surface area contributed by atoms with E-state index in [1.54, 1.807) is 12.1 Å². The van der Waals surface area contributed by atoms with Crippen LogP contribution in [-0.4, -0.2) is 11.8 Å². The first-order chi connectivity index (χ1) is 12.7. The van der Waals surface area contributed by atoms with Crippen LogP contribution in [0.2, 0.25) is 5.02 Å². The molecule has 1 aliphatic rings. The highest BCUT2D eigenvalue weighted by Gasteiger charge is 2.31. The van der Waals surface area contributed by atoms with E-state index in [4.69, 9.17) is 11.6 Å². The van der Waals surface area contributed by atoms with Gasteiger partial charge in [-0.1, -0.05) is 23.7 Å². The van der Waals surface area contributed by atoms with Gasteiger partial charge in [-0.15, -0.1) is 0 Å². The van der Waals surface area contributed by atoms with Gasteiger partial charge in [0.15, 0.2) is 0 Å². The number of halogens is 4. The molecule has 0 heterocycles. The molecule has 0 radical (unpaired) electrons. The van der Waals surface area contributed by atoms with E-state index in [1.165, 1.54) is 12.1 Å². The summed E-state index contributed by atoms with van der Waals surface area (Å²) in [6.07, 6.45) is -2.69. The van der Waals surface area contributed by atoms with Crippen LogP contribution < -0.4 is 10.6 Å². The van der Waals surface area contributed by atoms with Crippen molar-refractivity contribution in [2.45, 2.75) is 25.6 Å². The standard InChI is InChI=1S/C19H16ClF3N2O2/c20-15-8-7-14(19(21,22)23)9-16(15)25-18(27)13-3-1-11(2-4-13)10-24-17(26)12-5-6-12/h1-4,7-9,12H,5-6,10H2,(H,24,26)(H,25,27). The van der Waals surface area contributed by atoms with E-state index in [9.17, 15) is 22.8 Å². The molecule has 27 heavy (non-hydrogen) atoms. The van der Waals surface area contributed by atoms with Gasteiger partial charge in [0.1, 0.15) is 0 Å². The Balaban J connectivity index is 1.65.